The number of anilines is 2. The van der Waals surface area contributed by atoms with E-state index in [0.717, 1.165) is 0 Å². The van der Waals surface area contributed by atoms with Crippen molar-refractivity contribution in [3.63, 3.8) is 0 Å². The fourth-order valence-electron chi connectivity index (χ4n) is 2.09. The third-order valence-corrected chi connectivity index (χ3v) is 5.62. The smallest absolute Gasteiger partial charge is 0.236 e. The van der Waals surface area contributed by atoms with Crippen molar-refractivity contribution >= 4 is 33.1 Å². The number of nitrogens with zero attached hydrogens (tertiary/aromatic N) is 1. The molecule has 24 heavy (non-hydrogen) atoms. The molecule has 2 aromatic rings. The highest BCUT2D eigenvalue weighted by molar-refractivity contribution is 7.93. The predicted molar refractivity (Wildman–Crippen MR) is 89.8 cm³/mol. The lowest BCUT2D eigenvalue weighted by molar-refractivity contribution is 0.203. The summed E-state index contributed by atoms with van der Waals surface area (Å²) in [6.45, 7) is 0. The first kappa shape index (κ1) is 16.9. The monoisotopic (exact) mass is 371 g/mol. The van der Waals surface area contributed by atoms with Crippen molar-refractivity contribution in [2.45, 2.75) is 24.3 Å². The maximum absolute atomic E-state index is 13.1. The molecule has 0 amide bonds. The van der Waals surface area contributed by atoms with Crippen molar-refractivity contribution in [1.82, 2.24) is 4.98 Å². The molecule has 9 heteroatoms. The van der Waals surface area contributed by atoms with Crippen molar-refractivity contribution in [1.29, 1.82) is 0 Å². The number of aliphatic hydroxyl groups excluding tert-OH is 1. The van der Waals surface area contributed by atoms with Gasteiger partial charge in [0, 0.05) is 5.69 Å². The van der Waals surface area contributed by atoms with Gasteiger partial charge in [0.25, 0.3) is 0 Å². The van der Waals surface area contributed by atoms with Crippen LogP contribution in [0.3, 0.4) is 0 Å². The van der Waals surface area contributed by atoms with Crippen molar-refractivity contribution in [2.24, 2.45) is 0 Å². The molecule has 1 fully saturated rings. The van der Waals surface area contributed by atoms with E-state index < -0.39 is 22.1 Å². The van der Waals surface area contributed by atoms with Crippen LogP contribution in [-0.2, 0) is 10.0 Å². The Labute approximate surface area is 143 Å². The minimum Gasteiger partial charge on any atom is -0.368 e. The highest BCUT2D eigenvalue weighted by atomic mass is 35.5. The minimum absolute atomic E-state index is 0.0777. The van der Waals surface area contributed by atoms with E-state index in [2.05, 4.69) is 15.0 Å². The van der Waals surface area contributed by atoms with Gasteiger partial charge in [0.05, 0.1) is 16.0 Å². The number of aromatic nitrogens is 1. The fourth-order valence-corrected chi connectivity index (χ4v) is 3.59. The molecular formula is C15H15ClFN3O3S. The average Bonchev–Trinajstić information content (AvgIpc) is 3.36. The molecule has 0 bridgehead atoms. The second-order valence-electron chi connectivity index (χ2n) is 5.47. The molecule has 1 unspecified atom stereocenters. The molecule has 1 aromatic carbocycles. The van der Waals surface area contributed by atoms with Crippen LogP contribution in [0, 0.1) is 5.82 Å². The van der Waals surface area contributed by atoms with E-state index in [-0.39, 0.29) is 21.8 Å². The van der Waals surface area contributed by atoms with Crippen molar-refractivity contribution in [2.75, 3.05) is 10.0 Å². The first-order chi connectivity index (χ1) is 11.3. The molecule has 128 valence electrons. The van der Waals surface area contributed by atoms with Crippen LogP contribution in [0.5, 0.6) is 0 Å². The summed E-state index contributed by atoms with van der Waals surface area (Å²) in [5, 5.41) is 12.5. The summed E-state index contributed by atoms with van der Waals surface area (Å²) in [6, 6.07) is 8.55. The largest absolute Gasteiger partial charge is 0.368 e. The topological polar surface area (TPSA) is 91.3 Å². The third-order valence-electron chi connectivity index (χ3n) is 3.48. The number of hydrogen-bond acceptors (Lipinski definition) is 5. The molecule has 1 heterocycles. The van der Waals surface area contributed by atoms with Gasteiger partial charge in [-0.15, -0.1) is 0 Å². The Hall–Kier alpha value is -1.90. The molecule has 3 N–H and O–H groups in total. The first-order valence-corrected chi connectivity index (χ1v) is 9.16. The Morgan fingerprint density at radius 1 is 1.29 bits per heavy atom. The summed E-state index contributed by atoms with van der Waals surface area (Å²) in [5.74, 6) is -0.427. The highest BCUT2D eigenvalue weighted by Gasteiger charge is 2.36. The molecule has 6 nitrogen and oxygen atoms in total. The summed E-state index contributed by atoms with van der Waals surface area (Å²) in [4.78, 5) is 4.09. The van der Waals surface area contributed by atoms with Crippen LogP contribution < -0.4 is 10.0 Å². The van der Waals surface area contributed by atoms with Gasteiger partial charge in [0.1, 0.15) is 11.6 Å². The van der Waals surface area contributed by atoms with Crippen LogP contribution in [0.15, 0.2) is 36.4 Å². The lowest BCUT2D eigenvalue weighted by atomic mass is 10.2. The minimum atomic E-state index is -3.43. The predicted octanol–water partition coefficient (Wildman–Crippen LogP) is 2.88. The van der Waals surface area contributed by atoms with Gasteiger partial charge < -0.3 is 10.4 Å². The zero-order chi connectivity index (χ0) is 17.3. The van der Waals surface area contributed by atoms with Gasteiger partial charge >= 0.3 is 0 Å². The number of halogens is 2. The molecule has 0 radical (unpaired) electrons. The van der Waals surface area contributed by atoms with Crippen LogP contribution in [0.25, 0.3) is 0 Å². The number of nitrogens with one attached hydrogen (secondary N) is 2. The van der Waals surface area contributed by atoms with E-state index in [1.54, 1.807) is 6.07 Å². The van der Waals surface area contributed by atoms with Gasteiger partial charge in [0.2, 0.25) is 10.0 Å². The maximum atomic E-state index is 13.1. The molecule has 0 aliphatic heterocycles. The summed E-state index contributed by atoms with van der Waals surface area (Å²) in [6.07, 6.45) is 0.0756. The normalized spacial score (nSPS) is 15.8. The van der Waals surface area contributed by atoms with Crippen LogP contribution >= 0.6 is 11.6 Å². The lowest BCUT2D eigenvalue weighted by Gasteiger charge is -2.15. The first-order valence-electron chi connectivity index (χ1n) is 7.23. The van der Waals surface area contributed by atoms with Gasteiger partial charge in [0.15, 0.2) is 6.23 Å². The van der Waals surface area contributed by atoms with E-state index in [9.17, 15) is 17.9 Å². The summed E-state index contributed by atoms with van der Waals surface area (Å²) < 4.78 is 39.4. The Kier molecular flexibility index (Phi) is 4.62. The number of hydrogen-bond donors (Lipinski definition) is 3. The molecule has 0 spiro atoms. The number of sulfonamides is 1. The Morgan fingerprint density at radius 2 is 2.04 bits per heavy atom. The second-order valence-corrected chi connectivity index (χ2v) is 7.84. The van der Waals surface area contributed by atoms with Crippen LogP contribution in [-0.4, -0.2) is 23.8 Å². The van der Waals surface area contributed by atoms with Gasteiger partial charge in [-0.25, -0.2) is 17.8 Å². The highest BCUT2D eigenvalue weighted by Crippen LogP contribution is 2.29. The Bertz CT molecular complexity index is 859. The quantitative estimate of drug-likeness (QED) is 0.679. The van der Waals surface area contributed by atoms with Gasteiger partial charge in [-0.2, -0.15) is 0 Å². The van der Waals surface area contributed by atoms with Crippen LogP contribution in [0.2, 0.25) is 5.02 Å². The van der Waals surface area contributed by atoms with Crippen LogP contribution in [0.4, 0.5) is 15.9 Å². The zero-order valence-corrected chi connectivity index (χ0v) is 14.0. The molecular weight excluding hydrogens is 357 g/mol. The third kappa shape index (κ3) is 3.95. The summed E-state index contributed by atoms with van der Waals surface area (Å²) in [5.41, 5.74) is 0.617. The Morgan fingerprint density at radius 3 is 2.71 bits per heavy atom. The number of rotatable bonds is 6. The van der Waals surface area contributed by atoms with Crippen LogP contribution in [0.1, 0.15) is 24.8 Å². The fraction of sp³-hybridized carbons (Fsp3) is 0.267. The standard InChI is InChI=1S/C15H15ClFN3O3S/c16-11-8-9(4-7-12(11)17)18-15(21)13-2-1-3-14(19-13)20-24(22,23)10-5-6-10/h1-4,7-8,10,15,18,21H,5-6H2,(H,19,20). The second kappa shape index (κ2) is 6.54. The molecule has 0 saturated heterocycles. The number of pyridine rings is 1. The lowest BCUT2D eigenvalue weighted by Crippen LogP contribution is -2.19. The van der Waals surface area contributed by atoms with Gasteiger partial charge in [-0.05, 0) is 43.2 Å². The van der Waals surface area contributed by atoms with Crippen molar-refractivity contribution in [3.8, 4) is 0 Å². The summed E-state index contributed by atoms with van der Waals surface area (Å²) in [7, 11) is -3.43. The van der Waals surface area contributed by atoms with E-state index in [4.69, 9.17) is 11.6 Å². The molecule has 1 aliphatic rings. The maximum Gasteiger partial charge on any atom is 0.236 e. The van der Waals surface area contributed by atoms with E-state index in [1.807, 2.05) is 0 Å². The van der Waals surface area contributed by atoms with E-state index >= 15 is 0 Å². The SMILES string of the molecule is O=S(=O)(Nc1cccc(C(O)Nc2ccc(F)c(Cl)c2)n1)C1CC1. The average molecular weight is 372 g/mol. The van der Waals surface area contributed by atoms with Crippen molar-refractivity contribution < 1.29 is 17.9 Å². The van der Waals surface area contributed by atoms with E-state index in [0.29, 0.717) is 18.5 Å². The van der Waals surface area contributed by atoms with E-state index in [1.165, 1.54) is 30.3 Å². The number of benzene rings is 1. The zero-order valence-electron chi connectivity index (χ0n) is 12.4. The Balaban J connectivity index is 1.73. The molecule has 1 saturated carbocycles. The number of aliphatic hydroxyl groups is 1. The van der Waals surface area contributed by atoms with Crippen molar-refractivity contribution in [3.05, 3.63) is 52.9 Å². The molecule has 1 aliphatic carbocycles. The van der Waals surface area contributed by atoms with Gasteiger partial charge in [-0.1, -0.05) is 17.7 Å². The molecule has 1 atom stereocenters. The molecule has 3 rings (SSSR count). The van der Waals surface area contributed by atoms with Gasteiger partial charge in [-0.3, -0.25) is 4.72 Å². The summed E-state index contributed by atoms with van der Waals surface area (Å²) >= 11 is 5.69. The molecule has 1 aromatic heterocycles.